The number of ether oxygens (including phenoxy) is 1. The third kappa shape index (κ3) is 3.02. The van der Waals surface area contributed by atoms with Gasteiger partial charge in [0, 0.05) is 30.1 Å². The van der Waals surface area contributed by atoms with Gasteiger partial charge < -0.3 is 4.74 Å². The Morgan fingerprint density at radius 3 is 2.74 bits per heavy atom. The van der Waals surface area contributed by atoms with E-state index in [0.29, 0.717) is 29.3 Å². The van der Waals surface area contributed by atoms with Crippen LogP contribution in [0.1, 0.15) is 32.3 Å². The van der Waals surface area contributed by atoms with Gasteiger partial charge in [0.15, 0.2) is 0 Å². The van der Waals surface area contributed by atoms with Crippen molar-refractivity contribution in [2.24, 2.45) is 5.11 Å². The third-order valence-corrected chi connectivity index (χ3v) is 4.18. The van der Waals surface area contributed by atoms with Crippen LogP contribution in [-0.2, 0) is 5.54 Å². The number of hydrogen-bond donors (Lipinski definition) is 0. The highest BCUT2D eigenvalue weighted by atomic mass is 35.5. The lowest BCUT2D eigenvalue weighted by Crippen LogP contribution is -2.35. The zero-order chi connectivity index (χ0) is 16.6. The van der Waals surface area contributed by atoms with E-state index >= 15 is 0 Å². The summed E-state index contributed by atoms with van der Waals surface area (Å²) < 4.78 is 18.7. The third-order valence-electron chi connectivity index (χ3n) is 3.97. The quantitative estimate of drug-likeness (QED) is 0.351. The van der Waals surface area contributed by atoms with E-state index in [1.54, 1.807) is 32.3 Å². The molecule has 2 aromatic rings. The Morgan fingerprint density at radius 2 is 2.09 bits per heavy atom. The number of nitrogens with zero attached hydrogens (tertiary/aromatic N) is 5. The van der Waals surface area contributed by atoms with Gasteiger partial charge in [-0.3, -0.25) is 0 Å². The minimum absolute atomic E-state index is 0.174. The van der Waals surface area contributed by atoms with Crippen LogP contribution in [0.15, 0.2) is 23.6 Å². The van der Waals surface area contributed by atoms with Crippen LogP contribution >= 0.6 is 11.6 Å². The minimum Gasteiger partial charge on any atom is -0.474 e. The molecule has 23 heavy (non-hydrogen) atoms. The predicted octanol–water partition coefficient (Wildman–Crippen LogP) is 4.71. The minimum atomic E-state index is -0.804. The van der Waals surface area contributed by atoms with Gasteiger partial charge in [-0.1, -0.05) is 30.6 Å². The lowest BCUT2D eigenvalue weighted by Gasteiger charge is -2.30. The smallest absolute Gasteiger partial charge is 0.223 e. The van der Waals surface area contributed by atoms with Crippen molar-refractivity contribution in [3.63, 3.8) is 0 Å². The van der Waals surface area contributed by atoms with E-state index in [9.17, 15) is 4.39 Å². The lowest BCUT2D eigenvalue weighted by molar-refractivity contribution is 0.0389. The second-order valence-corrected chi connectivity index (χ2v) is 6.47. The molecule has 3 rings (SSSR count). The summed E-state index contributed by atoms with van der Waals surface area (Å²) in [6.07, 6.45) is 2.94. The van der Waals surface area contributed by atoms with Crippen LogP contribution in [0.2, 0.25) is 5.15 Å². The molecular formula is C15H15ClFN5O. The highest BCUT2D eigenvalue weighted by Gasteiger charge is 2.32. The van der Waals surface area contributed by atoms with E-state index in [1.165, 1.54) is 0 Å². The zero-order valence-electron chi connectivity index (χ0n) is 12.7. The van der Waals surface area contributed by atoms with Crippen molar-refractivity contribution in [3.05, 3.63) is 39.6 Å². The van der Waals surface area contributed by atoms with Gasteiger partial charge in [-0.2, -0.15) is 0 Å². The maximum atomic E-state index is 13.0. The largest absolute Gasteiger partial charge is 0.474 e. The Morgan fingerprint density at radius 1 is 1.35 bits per heavy atom. The molecule has 8 heteroatoms. The molecule has 0 radical (unpaired) electrons. The maximum absolute atomic E-state index is 13.0. The molecule has 0 bridgehead atoms. The number of aromatic nitrogens is 2. The Labute approximate surface area is 137 Å². The van der Waals surface area contributed by atoms with E-state index in [4.69, 9.17) is 21.9 Å². The van der Waals surface area contributed by atoms with E-state index in [1.807, 2.05) is 0 Å². The Bertz CT molecular complexity index is 800. The average Bonchev–Trinajstić information content (AvgIpc) is 2.45. The van der Waals surface area contributed by atoms with Crippen molar-refractivity contribution in [1.29, 1.82) is 0 Å². The second kappa shape index (κ2) is 5.83. The molecule has 0 atom stereocenters. The topological polar surface area (TPSA) is 83.8 Å². The summed E-state index contributed by atoms with van der Waals surface area (Å²) in [5, 5.41) is 5.56. The normalized spacial score (nSPS) is 20.7. The van der Waals surface area contributed by atoms with Crippen LogP contribution < -0.4 is 4.74 Å². The van der Waals surface area contributed by atoms with Gasteiger partial charge in [0.25, 0.3) is 0 Å². The molecule has 1 aliphatic carbocycles. The van der Waals surface area contributed by atoms with E-state index in [-0.39, 0.29) is 6.10 Å². The standard InChI is InChI=1S/C15H15ClFN5O/c1-15(2,21-22-18)12-7-20-14(23-9-3-8(17)4-9)11-6-19-13(16)5-10(11)12/h5-9H,3-4H2,1-2H3/t8-,9-. The van der Waals surface area contributed by atoms with Crippen molar-refractivity contribution in [2.75, 3.05) is 0 Å². The van der Waals surface area contributed by atoms with Crippen molar-refractivity contribution >= 4 is 22.4 Å². The van der Waals surface area contributed by atoms with Crippen LogP contribution in [0.4, 0.5) is 4.39 Å². The van der Waals surface area contributed by atoms with Gasteiger partial charge in [-0.15, -0.1) is 0 Å². The molecule has 0 aromatic carbocycles. The summed E-state index contributed by atoms with van der Waals surface area (Å²) in [6.45, 7) is 3.58. The van der Waals surface area contributed by atoms with Crippen molar-refractivity contribution in [2.45, 2.75) is 44.5 Å². The van der Waals surface area contributed by atoms with Gasteiger partial charge >= 0.3 is 0 Å². The first kappa shape index (κ1) is 15.8. The Kier molecular flexibility index (Phi) is 4.00. The van der Waals surface area contributed by atoms with Crippen LogP contribution in [0.25, 0.3) is 21.2 Å². The fourth-order valence-corrected chi connectivity index (χ4v) is 2.75. The Hall–Kier alpha value is -2.11. The molecule has 0 N–H and O–H groups in total. The highest BCUT2D eigenvalue weighted by molar-refractivity contribution is 6.30. The zero-order valence-corrected chi connectivity index (χ0v) is 13.5. The van der Waals surface area contributed by atoms with Gasteiger partial charge in [-0.05, 0) is 22.5 Å². The molecular weight excluding hydrogens is 321 g/mol. The molecule has 1 fully saturated rings. The summed E-state index contributed by atoms with van der Waals surface area (Å²) in [5.74, 6) is 0.390. The monoisotopic (exact) mass is 335 g/mol. The number of rotatable bonds is 4. The van der Waals surface area contributed by atoms with Crippen LogP contribution in [0, 0.1) is 0 Å². The molecule has 0 amide bonds. The number of hydrogen-bond acceptors (Lipinski definition) is 4. The van der Waals surface area contributed by atoms with Crippen LogP contribution in [0.3, 0.4) is 0 Å². The molecule has 0 aliphatic heterocycles. The summed E-state index contributed by atoms with van der Waals surface area (Å²) >= 11 is 6.01. The summed E-state index contributed by atoms with van der Waals surface area (Å²) in [5.41, 5.74) is 8.69. The summed E-state index contributed by atoms with van der Waals surface area (Å²) in [4.78, 5) is 11.3. The molecule has 0 spiro atoms. The number of azide groups is 1. The van der Waals surface area contributed by atoms with E-state index < -0.39 is 11.7 Å². The summed E-state index contributed by atoms with van der Waals surface area (Å²) in [6, 6.07) is 1.69. The number of alkyl halides is 1. The summed E-state index contributed by atoms with van der Waals surface area (Å²) in [7, 11) is 0. The molecule has 2 aromatic heterocycles. The molecule has 2 heterocycles. The molecule has 6 nitrogen and oxygen atoms in total. The van der Waals surface area contributed by atoms with Crippen LogP contribution in [-0.4, -0.2) is 22.2 Å². The van der Waals surface area contributed by atoms with Crippen molar-refractivity contribution in [3.8, 4) is 5.88 Å². The average molecular weight is 336 g/mol. The Balaban J connectivity index is 2.10. The van der Waals surface area contributed by atoms with Crippen LogP contribution in [0.5, 0.6) is 5.88 Å². The van der Waals surface area contributed by atoms with Gasteiger partial charge in [0.1, 0.15) is 17.4 Å². The molecule has 1 saturated carbocycles. The first-order valence-electron chi connectivity index (χ1n) is 7.22. The SMILES string of the molecule is CC(C)(N=[N+]=[N-])c1cnc(O[C@H]2C[C@H](F)C2)c2cnc(Cl)cc12. The molecule has 0 unspecified atom stereocenters. The lowest BCUT2D eigenvalue weighted by atomic mass is 9.92. The number of halogens is 2. The van der Waals surface area contributed by atoms with E-state index in [0.717, 1.165) is 10.9 Å². The first-order chi connectivity index (χ1) is 10.9. The fourth-order valence-electron chi connectivity index (χ4n) is 2.59. The number of pyridine rings is 2. The van der Waals surface area contributed by atoms with Crippen molar-refractivity contribution in [1.82, 2.24) is 9.97 Å². The highest BCUT2D eigenvalue weighted by Crippen LogP contribution is 2.37. The first-order valence-corrected chi connectivity index (χ1v) is 7.60. The molecule has 0 saturated heterocycles. The molecule has 1 aliphatic rings. The van der Waals surface area contributed by atoms with Gasteiger partial charge in [0.2, 0.25) is 5.88 Å². The maximum Gasteiger partial charge on any atom is 0.223 e. The van der Waals surface area contributed by atoms with Gasteiger partial charge in [0.05, 0.1) is 10.9 Å². The van der Waals surface area contributed by atoms with Crippen molar-refractivity contribution < 1.29 is 9.13 Å². The van der Waals surface area contributed by atoms with Gasteiger partial charge in [-0.25, -0.2) is 14.4 Å². The second-order valence-electron chi connectivity index (χ2n) is 6.09. The predicted molar refractivity (Wildman–Crippen MR) is 85.3 cm³/mol. The molecule has 120 valence electrons. The number of fused-ring (bicyclic) bond motifs is 1. The fraction of sp³-hybridized carbons (Fsp3) is 0.467. The van der Waals surface area contributed by atoms with E-state index in [2.05, 4.69) is 20.0 Å².